The minimum Gasteiger partial charge on any atom is -0.490 e. The zero-order chi connectivity index (χ0) is 11.2. The Morgan fingerprint density at radius 1 is 1.44 bits per heavy atom. The third-order valence-corrected chi connectivity index (χ3v) is 2.32. The van der Waals surface area contributed by atoms with Gasteiger partial charge in [0, 0.05) is 25.5 Å². The number of aromatic nitrogens is 4. The fourth-order valence-corrected chi connectivity index (χ4v) is 1.45. The van der Waals surface area contributed by atoms with Crippen LogP contribution in [0.2, 0.25) is 0 Å². The summed E-state index contributed by atoms with van der Waals surface area (Å²) < 4.78 is 9.46. The van der Waals surface area contributed by atoms with E-state index in [1.54, 1.807) is 12.4 Å². The van der Waals surface area contributed by atoms with Crippen molar-refractivity contribution in [1.82, 2.24) is 19.3 Å². The fourth-order valence-electron chi connectivity index (χ4n) is 1.45. The van der Waals surface area contributed by atoms with Crippen LogP contribution < -0.4 is 4.74 Å². The Hall–Kier alpha value is -1.78. The van der Waals surface area contributed by atoms with E-state index >= 15 is 0 Å². The molecule has 0 aliphatic heterocycles. The molecule has 0 aliphatic rings. The van der Waals surface area contributed by atoms with E-state index in [2.05, 4.69) is 17.0 Å². The van der Waals surface area contributed by atoms with E-state index in [4.69, 9.17) is 4.74 Å². The summed E-state index contributed by atoms with van der Waals surface area (Å²) in [5.74, 6) is 0.840. The standard InChI is InChI=1S/C11H16N4O/c1-2-15-9-11(8-13-15)16-7-3-5-14-6-4-12-10-14/h4,6,8-10H,2-3,5,7H2,1H3. The first-order valence-corrected chi connectivity index (χ1v) is 5.49. The van der Waals surface area contributed by atoms with Crippen molar-refractivity contribution in [3.8, 4) is 5.75 Å². The van der Waals surface area contributed by atoms with Gasteiger partial charge in [-0.3, -0.25) is 4.68 Å². The molecule has 2 aromatic heterocycles. The maximum Gasteiger partial charge on any atom is 0.157 e. The van der Waals surface area contributed by atoms with Crippen LogP contribution in [-0.2, 0) is 13.1 Å². The molecule has 2 heterocycles. The molecular formula is C11H16N4O. The molecule has 0 spiro atoms. The summed E-state index contributed by atoms with van der Waals surface area (Å²) in [5, 5.41) is 4.14. The van der Waals surface area contributed by atoms with Crippen LogP contribution in [-0.4, -0.2) is 25.9 Å². The van der Waals surface area contributed by atoms with Crippen LogP contribution in [0.1, 0.15) is 13.3 Å². The second kappa shape index (κ2) is 5.34. The molecular weight excluding hydrogens is 204 g/mol. The number of rotatable bonds is 6. The first kappa shape index (κ1) is 10.7. The number of imidazole rings is 1. The van der Waals surface area contributed by atoms with Crippen LogP contribution in [0.3, 0.4) is 0 Å². The molecule has 0 radical (unpaired) electrons. The summed E-state index contributed by atoms with van der Waals surface area (Å²) in [5.41, 5.74) is 0. The van der Waals surface area contributed by atoms with Gasteiger partial charge in [-0.05, 0) is 13.3 Å². The molecule has 5 nitrogen and oxygen atoms in total. The van der Waals surface area contributed by atoms with E-state index in [-0.39, 0.29) is 0 Å². The van der Waals surface area contributed by atoms with Crippen LogP contribution in [0.25, 0.3) is 0 Å². The number of nitrogens with zero attached hydrogens (tertiary/aromatic N) is 4. The van der Waals surface area contributed by atoms with E-state index in [1.807, 2.05) is 28.0 Å². The molecule has 2 aromatic rings. The van der Waals surface area contributed by atoms with Crippen molar-refractivity contribution < 1.29 is 4.74 Å². The van der Waals surface area contributed by atoms with Gasteiger partial charge in [0.1, 0.15) is 0 Å². The lowest BCUT2D eigenvalue weighted by Gasteiger charge is -2.03. The third kappa shape index (κ3) is 2.85. The van der Waals surface area contributed by atoms with Gasteiger partial charge in [0.05, 0.1) is 25.3 Å². The van der Waals surface area contributed by atoms with Crippen molar-refractivity contribution in [2.75, 3.05) is 6.61 Å². The first-order valence-electron chi connectivity index (χ1n) is 5.49. The maximum absolute atomic E-state index is 5.57. The highest BCUT2D eigenvalue weighted by Gasteiger charge is 1.97. The predicted octanol–water partition coefficient (Wildman–Crippen LogP) is 1.57. The molecule has 0 N–H and O–H groups in total. The van der Waals surface area contributed by atoms with Gasteiger partial charge in [0.25, 0.3) is 0 Å². The lowest BCUT2D eigenvalue weighted by Crippen LogP contribution is -2.02. The minimum absolute atomic E-state index is 0.702. The van der Waals surface area contributed by atoms with Crippen molar-refractivity contribution in [3.63, 3.8) is 0 Å². The highest BCUT2D eigenvalue weighted by molar-refractivity contribution is 5.11. The molecule has 0 atom stereocenters. The van der Waals surface area contributed by atoms with Gasteiger partial charge >= 0.3 is 0 Å². The van der Waals surface area contributed by atoms with Gasteiger partial charge in [-0.1, -0.05) is 0 Å². The first-order chi connectivity index (χ1) is 7.88. The smallest absolute Gasteiger partial charge is 0.157 e. The molecule has 0 saturated carbocycles. The molecule has 0 aliphatic carbocycles. The minimum atomic E-state index is 0.702. The van der Waals surface area contributed by atoms with Crippen LogP contribution in [0.15, 0.2) is 31.1 Å². The quantitative estimate of drug-likeness (QED) is 0.694. The Kier molecular flexibility index (Phi) is 3.58. The zero-order valence-corrected chi connectivity index (χ0v) is 9.41. The van der Waals surface area contributed by atoms with Gasteiger partial charge in [-0.25, -0.2) is 4.98 Å². The van der Waals surface area contributed by atoms with Crippen LogP contribution in [0.4, 0.5) is 0 Å². The van der Waals surface area contributed by atoms with E-state index < -0.39 is 0 Å². The average molecular weight is 220 g/mol. The van der Waals surface area contributed by atoms with Gasteiger partial charge in [-0.15, -0.1) is 0 Å². The summed E-state index contributed by atoms with van der Waals surface area (Å²) in [6, 6.07) is 0. The monoisotopic (exact) mass is 220 g/mol. The van der Waals surface area contributed by atoms with Crippen molar-refractivity contribution in [2.24, 2.45) is 0 Å². The van der Waals surface area contributed by atoms with Crippen LogP contribution >= 0.6 is 0 Å². The lowest BCUT2D eigenvalue weighted by atomic mass is 10.4. The highest BCUT2D eigenvalue weighted by Crippen LogP contribution is 2.08. The van der Waals surface area contributed by atoms with Crippen molar-refractivity contribution >= 4 is 0 Å². The Morgan fingerprint density at radius 3 is 3.06 bits per heavy atom. The van der Waals surface area contributed by atoms with E-state index in [0.29, 0.717) is 6.61 Å². The second-order valence-electron chi connectivity index (χ2n) is 3.53. The summed E-state index contributed by atoms with van der Waals surface area (Å²) in [6.45, 7) is 4.56. The molecule has 2 rings (SSSR count). The fraction of sp³-hybridized carbons (Fsp3) is 0.455. The summed E-state index contributed by atoms with van der Waals surface area (Å²) in [4.78, 5) is 3.98. The molecule has 0 unspecified atom stereocenters. The average Bonchev–Trinajstić information content (AvgIpc) is 2.95. The Bertz CT molecular complexity index is 407. The molecule has 5 heteroatoms. The number of ether oxygens (including phenoxy) is 1. The van der Waals surface area contributed by atoms with Crippen molar-refractivity contribution in [3.05, 3.63) is 31.1 Å². The number of aryl methyl sites for hydroxylation is 2. The van der Waals surface area contributed by atoms with Crippen LogP contribution in [0.5, 0.6) is 5.75 Å². The lowest BCUT2D eigenvalue weighted by molar-refractivity contribution is 0.301. The normalized spacial score (nSPS) is 10.6. The number of hydrogen-bond donors (Lipinski definition) is 0. The van der Waals surface area contributed by atoms with Gasteiger partial charge in [0.2, 0.25) is 0 Å². The topological polar surface area (TPSA) is 44.9 Å². The molecule has 0 aromatic carbocycles. The zero-order valence-electron chi connectivity index (χ0n) is 9.41. The summed E-state index contributed by atoms with van der Waals surface area (Å²) >= 11 is 0. The molecule has 0 amide bonds. The predicted molar refractivity (Wildman–Crippen MR) is 60.2 cm³/mol. The molecule has 16 heavy (non-hydrogen) atoms. The van der Waals surface area contributed by atoms with Gasteiger partial charge in [-0.2, -0.15) is 5.10 Å². The number of hydrogen-bond acceptors (Lipinski definition) is 3. The van der Waals surface area contributed by atoms with E-state index in [9.17, 15) is 0 Å². The molecule has 0 saturated heterocycles. The second-order valence-corrected chi connectivity index (χ2v) is 3.53. The Labute approximate surface area is 94.7 Å². The molecule has 0 fully saturated rings. The Balaban J connectivity index is 1.68. The highest BCUT2D eigenvalue weighted by atomic mass is 16.5. The summed E-state index contributed by atoms with van der Waals surface area (Å²) in [7, 11) is 0. The van der Waals surface area contributed by atoms with E-state index in [0.717, 1.165) is 25.3 Å². The molecule has 86 valence electrons. The van der Waals surface area contributed by atoms with Crippen LogP contribution in [0, 0.1) is 0 Å². The van der Waals surface area contributed by atoms with Crippen molar-refractivity contribution in [1.29, 1.82) is 0 Å². The third-order valence-electron chi connectivity index (χ3n) is 2.32. The maximum atomic E-state index is 5.57. The SMILES string of the molecule is CCn1cc(OCCCn2ccnc2)cn1. The van der Waals surface area contributed by atoms with Gasteiger partial charge in [0.15, 0.2) is 5.75 Å². The Morgan fingerprint density at radius 2 is 2.38 bits per heavy atom. The van der Waals surface area contributed by atoms with E-state index in [1.165, 1.54) is 0 Å². The van der Waals surface area contributed by atoms with Gasteiger partial charge < -0.3 is 9.30 Å². The summed E-state index contributed by atoms with van der Waals surface area (Å²) in [6.07, 6.45) is 10.2. The largest absolute Gasteiger partial charge is 0.490 e. The van der Waals surface area contributed by atoms with Crippen molar-refractivity contribution in [2.45, 2.75) is 26.4 Å². The molecule has 0 bridgehead atoms.